The van der Waals surface area contributed by atoms with Gasteiger partial charge in [-0.1, -0.05) is 20.8 Å². The number of carbonyl (C=O) groups is 1. The number of hydrogen-bond donors (Lipinski definition) is 2. The zero-order chi connectivity index (χ0) is 14.7. The van der Waals surface area contributed by atoms with Gasteiger partial charge in [-0.15, -0.1) is 0 Å². The van der Waals surface area contributed by atoms with Crippen molar-refractivity contribution in [2.45, 2.75) is 52.4 Å². The van der Waals surface area contributed by atoms with Crippen molar-refractivity contribution in [2.24, 2.45) is 23.2 Å². The molecule has 0 amide bonds. The molecule has 0 aromatic heterocycles. The van der Waals surface area contributed by atoms with Crippen molar-refractivity contribution < 1.29 is 4.79 Å². The molecule has 2 N–H and O–H groups in total. The molecule has 0 spiro atoms. The van der Waals surface area contributed by atoms with Gasteiger partial charge in [0.15, 0.2) is 0 Å². The van der Waals surface area contributed by atoms with Gasteiger partial charge in [0.1, 0.15) is 5.78 Å². The van der Waals surface area contributed by atoms with Crippen molar-refractivity contribution >= 4 is 5.78 Å². The molecule has 0 radical (unpaired) electrons. The van der Waals surface area contributed by atoms with Gasteiger partial charge < -0.3 is 5.32 Å². The number of likely N-dealkylation sites (tertiary alicyclic amines) is 1. The van der Waals surface area contributed by atoms with Crippen LogP contribution in [-0.4, -0.2) is 49.1 Å². The molecule has 3 heterocycles. The standard InChI is InChI=1S/C16H29N3O/c1-9(20)14-13(16(2,3)4)12-10-8-17-7-6-11(10)18-15(12)19(14)5/h10-15,17-18H,6-8H2,1-5H3. The van der Waals surface area contributed by atoms with Crippen molar-refractivity contribution in [3.8, 4) is 0 Å². The van der Waals surface area contributed by atoms with E-state index in [2.05, 4.69) is 43.4 Å². The molecule has 3 saturated heterocycles. The van der Waals surface area contributed by atoms with E-state index in [1.807, 2.05) is 0 Å². The Balaban J connectivity index is 1.97. The van der Waals surface area contributed by atoms with Crippen LogP contribution in [0, 0.1) is 23.2 Å². The Morgan fingerprint density at radius 3 is 2.60 bits per heavy atom. The Labute approximate surface area is 122 Å². The minimum atomic E-state index is 0.0698. The van der Waals surface area contributed by atoms with E-state index in [1.165, 1.54) is 6.42 Å². The number of carbonyl (C=O) groups excluding carboxylic acids is 1. The Morgan fingerprint density at radius 2 is 2.00 bits per heavy atom. The van der Waals surface area contributed by atoms with Gasteiger partial charge >= 0.3 is 0 Å². The fourth-order valence-electron chi connectivity index (χ4n) is 5.14. The second-order valence-corrected chi connectivity index (χ2v) is 8.06. The van der Waals surface area contributed by atoms with Crippen LogP contribution in [0.15, 0.2) is 0 Å². The van der Waals surface area contributed by atoms with Gasteiger partial charge in [-0.2, -0.15) is 0 Å². The van der Waals surface area contributed by atoms with E-state index in [9.17, 15) is 4.79 Å². The zero-order valence-electron chi connectivity index (χ0n) is 13.4. The molecule has 0 aliphatic carbocycles. The number of nitrogens with one attached hydrogen (secondary N) is 2. The Morgan fingerprint density at radius 1 is 1.30 bits per heavy atom. The van der Waals surface area contributed by atoms with Crippen LogP contribution < -0.4 is 10.6 Å². The van der Waals surface area contributed by atoms with Crippen LogP contribution in [0.2, 0.25) is 0 Å². The molecule has 20 heavy (non-hydrogen) atoms. The predicted octanol–water partition coefficient (Wildman–Crippen LogP) is 1.08. The molecule has 0 aromatic carbocycles. The SMILES string of the molecule is CC(=O)C1C(C(C)(C)C)C2C3CNCCC3NC2N1C. The summed E-state index contributed by atoms with van der Waals surface area (Å²) >= 11 is 0. The van der Waals surface area contributed by atoms with Gasteiger partial charge in [0.05, 0.1) is 12.2 Å². The van der Waals surface area contributed by atoms with Crippen molar-refractivity contribution in [3.63, 3.8) is 0 Å². The third-order valence-electron chi connectivity index (χ3n) is 5.82. The second kappa shape index (κ2) is 4.79. The summed E-state index contributed by atoms with van der Waals surface area (Å²) in [6.07, 6.45) is 1.59. The number of hydrogen-bond acceptors (Lipinski definition) is 4. The van der Waals surface area contributed by atoms with Crippen molar-refractivity contribution in [1.29, 1.82) is 0 Å². The summed E-state index contributed by atoms with van der Waals surface area (Å²) in [6, 6.07) is 0.701. The fourth-order valence-corrected chi connectivity index (χ4v) is 5.14. The molecule has 6 unspecified atom stereocenters. The fraction of sp³-hybridized carbons (Fsp3) is 0.938. The van der Waals surface area contributed by atoms with Gasteiger partial charge in [-0.05, 0) is 56.7 Å². The molecular weight excluding hydrogens is 250 g/mol. The van der Waals surface area contributed by atoms with E-state index in [0.717, 1.165) is 13.1 Å². The summed E-state index contributed by atoms with van der Waals surface area (Å²) in [6.45, 7) is 10.9. The number of nitrogens with zero attached hydrogens (tertiary/aromatic N) is 1. The van der Waals surface area contributed by atoms with Crippen molar-refractivity contribution in [1.82, 2.24) is 15.5 Å². The second-order valence-electron chi connectivity index (χ2n) is 8.06. The lowest BCUT2D eigenvalue weighted by Crippen LogP contribution is -2.51. The first-order valence-corrected chi connectivity index (χ1v) is 8.01. The molecular formula is C16H29N3O. The Kier molecular flexibility index (Phi) is 3.47. The number of Topliss-reactive ketones (excluding diaryl/α,β-unsaturated/α-hetero) is 1. The average molecular weight is 279 g/mol. The maximum atomic E-state index is 12.2. The van der Waals surface area contributed by atoms with Gasteiger partial charge in [0, 0.05) is 6.04 Å². The quantitative estimate of drug-likeness (QED) is 0.754. The smallest absolute Gasteiger partial charge is 0.147 e. The molecule has 4 nitrogen and oxygen atoms in total. The first kappa shape index (κ1) is 14.5. The number of fused-ring (bicyclic) bond motifs is 3. The van der Waals surface area contributed by atoms with E-state index < -0.39 is 0 Å². The number of rotatable bonds is 1. The summed E-state index contributed by atoms with van der Waals surface area (Å²) < 4.78 is 0. The third kappa shape index (κ3) is 2.04. The molecule has 3 fully saturated rings. The van der Waals surface area contributed by atoms with Crippen LogP contribution in [0.1, 0.15) is 34.1 Å². The van der Waals surface area contributed by atoms with E-state index in [4.69, 9.17) is 0 Å². The van der Waals surface area contributed by atoms with Crippen LogP contribution in [0.4, 0.5) is 0 Å². The van der Waals surface area contributed by atoms with E-state index in [-0.39, 0.29) is 11.5 Å². The molecule has 3 aliphatic rings. The monoisotopic (exact) mass is 279 g/mol. The molecule has 3 rings (SSSR count). The highest BCUT2D eigenvalue weighted by Gasteiger charge is 2.60. The van der Waals surface area contributed by atoms with Crippen molar-refractivity contribution in [2.75, 3.05) is 20.1 Å². The summed E-state index contributed by atoms with van der Waals surface area (Å²) in [5, 5.41) is 7.38. The molecule has 3 aliphatic heterocycles. The minimum absolute atomic E-state index is 0.0698. The van der Waals surface area contributed by atoms with Gasteiger partial charge in [-0.3, -0.25) is 15.0 Å². The van der Waals surface area contributed by atoms with E-state index >= 15 is 0 Å². The maximum absolute atomic E-state index is 12.2. The van der Waals surface area contributed by atoms with Crippen molar-refractivity contribution in [3.05, 3.63) is 0 Å². The lowest BCUT2D eigenvalue weighted by Gasteiger charge is -2.40. The third-order valence-corrected chi connectivity index (χ3v) is 5.82. The van der Waals surface area contributed by atoms with Crippen LogP contribution in [0.5, 0.6) is 0 Å². The first-order valence-electron chi connectivity index (χ1n) is 8.01. The summed E-state index contributed by atoms with van der Waals surface area (Å²) in [7, 11) is 2.13. The zero-order valence-corrected chi connectivity index (χ0v) is 13.4. The summed E-state index contributed by atoms with van der Waals surface area (Å²) in [4.78, 5) is 14.5. The van der Waals surface area contributed by atoms with Crippen LogP contribution in [-0.2, 0) is 4.79 Å². The lowest BCUT2D eigenvalue weighted by molar-refractivity contribution is -0.123. The average Bonchev–Trinajstić information content (AvgIpc) is 2.84. The highest BCUT2D eigenvalue weighted by Crippen LogP contribution is 2.51. The lowest BCUT2D eigenvalue weighted by atomic mass is 9.66. The maximum Gasteiger partial charge on any atom is 0.147 e. The number of piperidine rings is 1. The molecule has 0 bridgehead atoms. The van der Waals surface area contributed by atoms with Gasteiger partial charge in [0.25, 0.3) is 0 Å². The Hall–Kier alpha value is -0.450. The molecule has 0 saturated carbocycles. The first-order chi connectivity index (χ1) is 9.32. The largest absolute Gasteiger partial charge is 0.316 e. The Bertz CT molecular complexity index is 403. The number of ketones is 1. The van der Waals surface area contributed by atoms with Crippen LogP contribution >= 0.6 is 0 Å². The van der Waals surface area contributed by atoms with E-state index in [0.29, 0.717) is 35.7 Å². The highest BCUT2D eigenvalue weighted by atomic mass is 16.1. The molecule has 6 atom stereocenters. The topological polar surface area (TPSA) is 44.4 Å². The normalized spacial score (nSPS) is 45.2. The number of likely N-dealkylation sites (N-methyl/N-ethyl adjacent to an activating group) is 1. The van der Waals surface area contributed by atoms with Gasteiger partial charge in [-0.25, -0.2) is 0 Å². The van der Waals surface area contributed by atoms with Gasteiger partial charge in [0.2, 0.25) is 0 Å². The molecule has 114 valence electrons. The minimum Gasteiger partial charge on any atom is -0.316 e. The predicted molar refractivity (Wildman–Crippen MR) is 80.4 cm³/mol. The summed E-state index contributed by atoms with van der Waals surface area (Å²) in [5.41, 5.74) is 0.165. The highest BCUT2D eigenvalue weighted by molar-refractivity contribution is 5.82. The summed E-state index contributed by atoms with van der Waals surface area (Å²) in [5.74, 6) is 2.03. The molecule has 4 heteroatoms. The van der Waals surface area contributed by atoms with Crippen LogP contribution in [0.25, 0.3) is 0 Å². The van der Waals surface area contributed by atoms with Crippen LogP contribution in [0.3, 0.4) is 0 Å². The molecule has 0 aromatic rings. The van der Waals surface area contributed by atoms with E-state index in [1.54, 1.807) is 6.92 Å².